The summed E-state index contributed by atoms with van der Waals surface area (Å²) in [7, 11) is 0. The van der Waals surface area contributed by atoms with Crippen LogP contribution in [-0.2, 0) is 16.6 Å². The fourth-order valence-electron chi connectivity index (χ4n) is 1.97. The van der Waals surface area contributed by atoms with Crippen LogP contribution in [0.1, 0.15) is 31.9 Å². The van der Waals surface area contributed by atoms with Gasteiger partial charge in [0, 0.05) is 11.8 Å². The third-order valence-corrected chi connectivity index (χ3v) is 2.84. The molecule has 1 aliphatic heterocycles. The Labute approximate surface area is 83.5 Å². The van der Waals surface area contributed by atoms with Crippen molar-refractivity contribution in [2.24, 2.45) is 0 Å². The lowest BCUT2D eigenvalue weighted by Gasteiger charge is -2.17. The fraction of sp³-hybridized carbons (Fsp3) is 0.455. The van der Waals surface area contributed by atoms with Gasteiger partial charge in [0.1, 0.15) is 5.82 Å². The molecule has 0 spiro atoms. The number of carbonyl (C=O) groups excluding carboxylic acids is 1. The lowest BCUT2D eigenvalue weighted by Crippen LogP contribution is -2.27. The van der Waals surface area contributed by atoms with E-state index in [0.29, 0.717) is 0 Å². The minimum atomic E-state index is -0.436. The van der Waals surface area contributed by atoms with Gasteiger partial charge in [-0.15, -0.1) is 0 Å². The van der Waals surface area contributed by atoms with E-state index in [1.165, 1.54) is 5.56 Å². The summed E-state index contributed by atoms with van der Waals surface area (Å²) in [4.78, 5) is 15.9. The SMILES string of the molecule is CCc1ccnc2c1C(C)(C)C(=O)N2. The molecule has 0 atom stereocenters. The lowest BCUT2D eigenvalue weighted by molar-refractivity contribution is -0.119. The molecule has 3 heteroatoms. The lowest BCUT2D eigenvalue weighted by atomic mass is 9.83. The van der Waals surface area contributed by atoms with Crippen molar-refractivity contribution in [3.8, 4) is 0 Å². The van der Waals surface area contributed by atoms with Gasteiger partial charge in [0.2, 0.25) is 5.91 Å². The number of nitrogens with one attached hydrogen (secondary N) is 1. The van der Waals surface area contributed by atoms with E-state index in [9.17, 15) is 4.79 Å². The molecule has 0 radical (unpaired) electrons. The molecule has 1 aromatic rings. The van der Waals surface area contributed by atoms with Gasteiger partial charge in [-0.25, -0.2) is 4.98 Å². The highest BCUT2D eigenvalue weighted by molar-refractivity contribution is 6.05. The van der Waals surface area contributed by atoms with Gasteiger partial charge in [0.25, 0.3) is 0 Å². The highest BCUT2D eigenvalue weighted by Crippen LogP contribution is 2.38. The number of aromatic nitrogens is 1. The van der Waals surface area contributed by atoms with Crippen LogP contribution in [0.15, 0.2) is 12.3 Å². The van der Waals surface area contributed by atoms with E-state index < -0.39 is 5.41 Å². The van der Waals surface area contributed by atoms with Crippen LogP contribution < -0.4 is 5.32 Å². The molecule has 2 rings (SSSR count). The first kappa shape index (κ1) is 9.19. The molecule has 3 nitrogen and oxygen atoms in total. The number of rotatable bonds is 1. The second kappa shape index (κ2) is 2.80. The first-order chi connectivity index (χ1) is 6.57. The number of fused-ring (bicyclic) bond motifs is 1. The van der Waals surface area contributed by atoms with Crippen molar-refractivity contribution >= 4 is 11.7 Å². The number of aryl methyl sites for hydroxylation is 1. The summed E-state index contributed by atoms with van der Waals surface area (Å²) in [5.41, 5.74) is 1.83. The van der Waals surface area contributed by atoms with Gasteiger partial charge >= 0.3 is 0 Å². The predicted octanol–water partition coefficient (Wildman–Crippen LogP) is 1.87. The van der Waals surface area contributed by atoms with Crippen molar-refractivity contribution in [2.45, 2.75) is 32.6 Å². The van der Waals surface area contributed by atoms with Crippen LogP contribution in [0.25, 0.3) is 0 Å². The summed E-state index contributed by atoms with van der Waals surface area (Å²) in [6, 6.07) is 1.99. The average Bonchev–Trinajstić information content (AvgIpc) is 2.38. The zero-order valence-electron chi connectivity index (χ0n) is 8.72. The monoisotopic (exact) mass is 190 g/mol. The van der Waals surface area contributed by atoms with Crippen LogP contribution in [0.2, 0.25) is 0 Å². The third-order valence-electron chi connectivity index (χ3n) is 2.84. The third kappa shape index (κ3) is 1.05. The molecular weight excluding hydrogens is 176 g/mol. The molecule has 1 aromatic heterocycles. The van der Waals surface area contributed by atoms with Crippen LogP contribution in [-0.4, -0.2) is 10.9 Å². The molecular formula is C11H14N2O. The zero-order valence-corrected chi connectivity index (χ0v) is 8.72. The van der Waals surface area contributed by atoms with Crippen LogP contribution >= 0.6 is 0 Å². The smallest absolute Gasteiger partial charge is 0.235 e. The van der Waals surface area contributed by atoms with E-state index in [-0.39, 0.29) is 5.91 Å². The van der Waals surface area contributed by atoms with Crippen molar-refractivity contribution in [1.29, 1.82) is 0 Å². The fourth-order valence-corrected chi connectivity index (χ4v) is 1.97. The number of anilines is 1. The van der Waals surface area contributed by atoms with Gasteiger partial charge in [-0.3, -0.25) is 4.79 Å². The molecule has 0 unspecified atom stereocenters. The molecule has 0 bridgehead atoms. The molecule has 0 saturated heterocycles. The number of hydrogen-bond acceptors (Lipinski definition) is 2. The number of pyridine rings is 1. The van der Waals surface area contributed by atoms with E-state index >= 15 is 0 Å². The topological polar surface area (TPSA) is 42.0 Å². The summed E-state index contributed by atoms with van der Waals surface area (Å²) in [5, 5.41) is 2.81. The van der Waals surface area contributed by atoms with Gasteiger partial charge in [-0.2, -0.15) is 0 Å². The number of carbonyl (C=O) groups is 1. The summed E-state index contributed by atoms with van der Waals surface area (Å²) in [6.07, 6.45) is 2.68. The first-order valence-electron chi connectivity index (χ1n) is 4.87. The molecule has 1 amide bonds. The van der Waals surface area contributed by atoms with Gasteiger partial charge in [0.15, 0.2) is 0 Å². The van der Waals surface area contributed by atoms with Crippen LogP contribution in [0, 0.1) is 0 Å². The molecule has 0 aromatic carbocycles. The number of nitrogens with zero attached hydrogens (tertiary/aromatic N) is 1. The van der Waals surface area contributed by atoms with E-state index in [1.807, 2.05) is 19.9 Å². The van der Waals surface area contributed by atoms with Crippen LogP contribution in [0.3, 0.4) is 0 Å². The van der Waals surface area contributed by atoms with Gasteiger partial charge in [0.05, 0.1) is 5.41 Å². The van der Waals surface area contributed by atoms with E-state index in [2.05, 4.69) is 17.2 Å². The minimum absolute atomic E-state index is 0.0425. The van der Waals surface area contributed by atoms with Crippen molar-refractivity contribution in [1.82, 2.24) is 4.98 Å². The van der Waals surface area contributed by atoms with Crippen molar-refractivity contribution in [3.05, 3.63) is 23.4 Å². The van der Waals surface area contributed by atoms with Crippen molar-refractivity contribution < 1.29 is 4.79 Å². The molecule has 74 valence electrons. The predicted molar refractivity (Wildman–Crippen MR) is 55.3 cm³/mol. The van der Waals surface area contributed by atoms with Gasteiger partial charge in [-0.1, -0.05) is 6.92 Å². The molecule has 0 fully saturated rings. The van der Waals surface area contributed by atoms with Crippen molar-refractivity contribution in [2.75, 3.05) is 5.32 Å². The maximum absolute atomic E-state index is 11.7. The summed E-state index contributed by atoms with van der Waals surface area (Å²) in [6.45, 7) is 5.97. The highest BCUT2D eigenvalue weighted by atomic mass is 16.2. The van der Waals surface area contributed by atoms with E-state index in [0.717, 1.165) is 17.8 Å². The van der Waals surface area contributed by atoms with E-state index in [4.69, 9.17) is 0 Å². The second-order valence-corrected chi connectivity index (χ2v) is 4.13. The summed E-state index contributed by atoms with van der Waals surface area (Å²) >= 11 is 0. The normalized spacial score (nSPS) is 17.8. The van der Waals surface area contributed by atoms with Crippen molar-refractivity contribution in [3.63, 3.8) is 0 Å². The Hall–Kier alpha value is -1.38. The maximum Gasteiger partial charge on any atom is 0.235 e. The number of amides is 1. The average molecular weight is 190 g/mol. The van der Waals surface area contributed by atoms with Gasteiger partial charge in [-0.05, 0) is 31.9 Å². The Morgan fingerprint density at radius 2 is 2.21 bits per heavy atom. The van der Waals surface area contributed by atoms with Crippen LogP contribution in [0.5, 0.6) is 0 Å². The number of hydrogen-bond donors (Lipinski definition) is 1. The molecule has 0 saturated carbocycles. The molecule has 0 aliphatic carbocycles. The molecule has 14 heavy (non-hydrogen) atoms. The Balaban J connectivity index is 2.66. The largest absolute Gasteiger partial charge is 0.310 e. The maximum atomic E-state index is 11.7. The highest BCUT2D eigenvalue weighted by Gasteiger charge is 2.40. The quantitative estimate of drug-likeness (QED) is 0.734. The molecule has 1 N–H and O–H groups in total. The Morgan fingerprint density at radius 1 is 1.50 bits per heavy atom. The standard InChI is InChI=1S/C11H14N2O/c1-4-7-5-6-12-9-8(7)11(2,3)10(14)13-9/h5-6H,4H2,1-3H3,(H,12,13,14). The Bertz CT molecular complexity index is 396. The van der Waals surface area contributed by atoms with Crippen LogP contribution in [0.4, 0.5) is 5.82 Å². The minimum Gasteiger partial charge on any atom is -0.310 e. The molecule has 1 aliphatic rings. The second-order valence-electron chi connectivity index (χ2n) is 4.13. The summed E-state index contributed by atoms with van der Waals surface area (Å²) in [5.74, 6) is 0.778. The molecule has 2 heterocycles. The zero-order chi connectivity index (χ0) is 10.3. The Morgan fingerprint density at radius 3 is 2.86 bits per heavy atom. The summed E-state index contributed by atoms with van der Waals surface area (Å²) < 4.78 is 0. The Kier molecular flexibility index (Phi) is 1.84. The van der Waals surface area contributed by atoms with Gasteiger partial charge < -0.3 is 5.32 Å². The first-order valence-corrected chi connectivity index (χ1v) is 4.87. The van der Waals surface area contributed by atoms with E-state index in [1.54, 1.807) is 6.20 Å².